The normalized spacial score (nSPS) is 27.4. The van der Waals surface area contributed by atoms with E-state index >= 15 is 0 Å². The SMILES string of the molecule is c1ccc(CC2CNCC3(CCCC3)O2)cc1. The van der Waals surface area contributed by atoms with Gasteiger partial charge in [-0.1, -0.05) is 43.2 Å². The molecule has 1 saturated heterocycles. The first-order valence-electron chi connectivity index (χ1n) is 6.79. The Labute approximate surface area is 103 Å². The van der Waals surface area contributed by atoms with Gasteiger partial charge >= 0.3 is 0 Å². The Morgan fingerprint density at radius 3 is 2.71 bits per heavy atom. The van der Waals surface area contributed by atoms with Crippen LogP contribution in [0.2, 0.25) is 0 Å². The van der Waals surface area contributed by atoms with Gasteiger partial charge in [-0.25, -0.2) is 0 Å². The van der Waals surface area contributed by atoms with Crippen LogP contribution in [0, 0.1) is 0 Å². The Morgan fingerprint density at radius 1 is 1.18 bits per heavy atom. The van der Waals surface area contributed by atoms with E-state index in [0.717, 1.165) is 19.5 Å². The minimum atomic E-state index is 0.164. The average molecular weight is 231 g/mol. The number of morpholine rings is 1. The Kier molecular flexibility index (Phi) is 3.17. The molecule has 0 aromatic heterocycles. The summed E-state index contributed by atoms with van der Waals surface area (Å²) in [5.74, 6) is 0. The van der Waals surface area contributed by atoms with Gasteiger partial charge in [-0.05, 0) is 24.8 Å². The second-order valence-corrected chi connectivity index (χ2v) is 5.45. The summed E-state index contributed by atoms with van der Waals surface area (Å²) in [5.41, 5.74) is 1.55. The first-order valence-corrected chi connectivity index (χ1v) is 6.79. The van der Waals surface area contributed by atoms with Crippen molar-refractivity contribution in [2.45, 2.75) is 43.8 Å². The molecule has 2 heteroatoms. The van der Waals surface area contributed by atoms with E-state index in [0.29, 0.717) is 6.10 Å². The van der Waals surface area contributed by atoms with E-state index in [-0.39, 0.29) is 5.60 Å². The molecule has 1 aliphatic carbocycles. The van der Waals surface area contributed by atoms with Gasteiger partial charge in [0.15, 0.2) is 0 Å². The van der Waals surface area contributed by atoms with Gasteiger partial charge in [0.25, 0.3) is 0 Å². The number of rotatable bonds is 2. The Bertz CT molecular complexity index is 356. The van der Waals surface area contributed by atoms with E-state index in [1.807, 2.05) is 0 Å². The van der Waals surface area contributed by atoms with E-state index in [1.165, 1.54) is 31.2 Å². The smallest absolute Gasteiger partial charge is 0.0810 e. The Balaban J connectivity index is 1.64. The summed E-state index contributed by atoms with van der Waals surface area (Å²) in [7, 11) is 0. The molecule has 1 aromatic rings. The zero-order valence-corrected chi connectivity index (χ0v) is 10.3. The summed E-state index contributed by atoms with van der Waals surface area (Å²) in [6.45, 7) is 2.05. The molecule has 1 aromatic carbocycles. The van der Waals surface area contributed by atoms with Gasteiger partial charge in [0.1, 0.15) is 0 Å². The van der Waals surface area contributed by atoms with Crippen molar-refractivity contribution in [3.63, 3.8) is 0 Å². The summed E-state index contributed by atoms with van der Waals surface area (Å²) in [6, 6.07) is 10.7. The predicted octanol–water partition coefficient (Wildman–Crippen LogP) is 2.53. The van der Waals surface area contributed by atoms with E-state index in [4.69, 9.17) is 4.74 Å². The van der Waals surface area contributed by atoms with Gasteiger partial charge in [0.05, 0.1) is 11.7 Å². The van der Waals surface area contributed by atoms with Crippen molar-refractivity contribution < 1.29 is 4.74 Å². The maximum absolute atomic E-state index is 6.38. The van der Waals surface area contributed by atoms with Crippen LogP contribution in [0.25, 0.3) is 0 Å². The van der Waals surface area contributed by atoms with Crippen LogP contribution in [0.3, 0.4) is 0 Å². The fourth-order valence-electron chi connectivity index (χ4n) is 3.20. The lowest BCUT2D eigenvalue weighted by molar-refractivity contribution is -0.111. The highest BCUT2D eigenvalue weighted by molar-refractivity contribution is 5.16. The Hall–Kier alpha value is -0.860. The Morgan fingerprint density at radius 2 is 1.94 bits per heavy atom. The lowest BCUT2D eigenvalue weighted by Crippen LogP contribution is -2.53. The van der Waals surface area contributed by atoms with Crippen molar-refractivity contribution in [2.75, 3.05) is 13.1 Å². The van der Waals surface area contributed by atoms with Crippen molar-refractivity contribution in [3.8, 4) is 0 Å². The van der Waals surface area contributed by atoms with E-state index in [9.17, 15) is 0 Å². The highest BCUT2D eigenvalue weighted by Gasteiger charge is 2.39. The molecular weight excluding hydrogens is 210 g/mol. The zero-order valence-electron chi connectivity index (χ0n) is 10.3. The summed E-state index contributed by atoms with van der Waals surface area (Å²) in [4.78, 5) is 0. The third-order valence-corrected chi connectivity index (χ3v) is 4.06. The van der Waals surface area contributed by atoms with Crippen molar-refractivity contribution >= 4 is 0 Å². The second kappa shape index (κ2) is 4.79. The molecule has 1 N–H and O–H groups in total. The summed E-state index contributed by atoms with van der Waals surface area (Å²) in [6.07, 6.45) is 6.54. The maximum Gasteiger partial charge on any atom is 0.0810 e. The summed E-state index contributed by atoms with van der Waals surface area (Å²) < 4.78 is 6.38. The summed E-state index contributed by atoms with van der Waals surface area (Å²) in [5, 5.41) is 3.56. The molecule has 1 aliphatic heterocycles. The zero-order chi connectivity index (χ0) is 11.6. The molecule has 2 aliphatic rings. The first-order chi connectivity index (χ1) is 8.36. The highest BCUT2D eigenvalue weighted by atomic mass is 16.5. The number of hydrogen-bond acceptors (Lipinski definition) is 2. The molecule has 92 valence electrons. The molecule has 17 heavy (non-hydrogen) atoms. The van der Waals surface area contributed by atoms with Crippen molar-refractivity contribution in [1.82, 2.24) is 5.32 Å². The van der Waals surface area contributed by atoms with Crippen LogP contribution in [-0.4, -0.2) is 24.8 Å². The molecule has 1 atom stereocenters. The molecule has 1 spiro atoms. The quantitative estimate of drug-likeness (QED) is 0.844. The third-order valence-electron chi connectivity index (χ3n) is 4.06. The van der Waals surface area contributed by atoms with Gasteiger partial charge in [-0.2, -0.15) is 0 Å². The van der Waals surface area contributed by atoms with Gasteiger partial charge in [0.2, 0.25) is 0 Å². The number of benzene rings is 1. The molecule has 3 rings (SSSR count). The van der Waals surface area contributed by atoms with E-state index in [2.05, 4.69) is 35.6 Å². The molecule has 2 nitrogen and oxygen atoms in total. The largest absolute Gasteiger partial charge is 0.369 e. The lowest BCUT2D eigenvalue weighted by Gasteiger charge is -2.39. The van der Waals surface area contributed by atoms with Crippen LogP contribution in [-0.2, 0) is 11.2 Å². The van der Waals surface area contributed by atoms with E-state index < -0.39 is 0 Å². The maximum atomic E-state index is 6.38. The van der Waals surface area contributed by atoms with Crippen LogP contribution in [0.1, 0.15) is 31.2 Å². The summed E-state index contributed by atoms with van der Waals surface area (Å²) >= 11 is 0. The molecular formula is C15H21NO. The van der Waals surface area contributed by atoms with Crippen LogP contribution in [0.15, 0.2) is 30.3 Å². The fraction of sp³-hybridized carbons (Fsp3) is 0.600. The minimum Gasteiger partial charge on any atom is -0.369 e. The molecule has 2 fully saturated rings. The lowest BCUT2D eigenvalue weighted by atomic mass is 9.98. The molecule has 0 bridgehead atoms. The fourth-order valence-corrected chi connectivity index (χ4v) is 3.20. The number of hydrogen-bond donors (Lipinski definition) is 1. The standard InChI is InChI=1S/C15H21NO/c1-2-6-13(7-3-1)10-14-11-16-12-15(17-14)8-4-5-9-15/h1-3,6-7,14,16H,4-5,8-12H2. The van der Waals surface area contributed by atoms with Crippen LogP contribution < -0.4 is 5.32 Å². The van der Waals surface area contributed by atoms with Gasteiger partial charge in [0, 0.05) is 13.1 Å². The molecule has 1 saturated carbocycles. The number of nitrogens with one attached hydrogen (secondary N) is 1. The molecule has 0 radical (unpaired) electrons. The van der Waals surface area contributed by atoms with Crippen molar-refractivity contribution in [1.29, 1.82) is 0 Å². The topological polar surface area (TPSA) is 21.3 Å². The van der Waals surface area contributed by atoms with Crippen molar-refractivity contribution in [3.05, 3.63) is 35.9 Å². The van der Waals surface area contributed by atoms with Gasteiger partial charge in [-0.3, -0.25) is 0 Å². The predicted molar refractivity (Wildman–Crippen MR) is 69.1 cm³/mol. The average Bonchev–Trinajstić information content (AvgIpc) is 2.79. The molecule has 0 amide bonds. The van der Waals surface area contributed by atoms with Crippen LogP contribution >= 0.6 is 0 Å². The second-order valence-electron chi connectivity index (χ2n) is 5.45. The van der Waals surface area contributed by atoms with Crippen LogP contribution in [0.5, 0.6) is 0 Å². The van der Waals surface area contributed by atoms with E-state index in [1.54, 1.807) is 0 Å². The monoisotopic (exact) mass is 231 g/mol. The van der Waals surface area contributed by atoms with Gasteiger partial charge in [-0.15, -0.1) is 0 Å². The highest BCUT2D eigenvalue weighted by Crippen LogP contribution is 2.35. The van der Waals surface area contributed by atoms with Crippen LogP contribution in [0.4, 0.5) is 0 Å². The number of ether oxygens (including phenoxy) is 1. The van der Waals surface area contributed by atoms with Gasteiger partial charge < -0.3 is 10.1 Å². The minimum absolute atomic E-state index is 0.164. The third kappa shape index (κ3) is 2.53. The first kappa shape index (κ1) is 11.2. The van der Waals surface area contributed by atoms with Crippen molar-refractivity contribution in [2.24, 2.45) is 0 Å². The molecule has 1 heterocycles. The molecule has 1 unspecified atom stereocenters.